The summed E-state index contributed by atoms with van der Waals surface area (Å²) in [4.78, 5) is 16.1. The average Bonchev–Trinajstić information content (AvgIpc) is 2.42. The third kappa shape index (κ3) is 4.03. The first kappa shape index (κ1) is 14.5. The van der Waals surface area contributed by atoms with Crippen LogP contribution in [-0.2, 0) is 16.1 Å². The van der Waals surface area contributed by atoms with Crippen molar-refractivity contribution in [2.24, 2.45) is 0 Å². The lowest BCUT2D eigenvalue weighted by Gasteiger charge is -2.19. The van der Waals surface area contributed by atoms with Gasteiger partial charge in [0.25, 0.3) is 0 Å². The molecule has 4 nitrogen and oxygen atoms in total. The Morgan fingerprint density at radius 1 is 1.25 bits per heavy atom. The van der Waals surface area contributed by atoms with Crippen LogP contribution in [-0.4, -0.2) is 23.1 Å². The fourth-order valence-corrected chi connectivity index (χ4v) is 1.84. The molecular formula is C16H20N2O2. The van der Waals surface area contributed by atoms with Crippen LogP contribution in [0.3, 0.4) is 0 Å². The van der Waals surface area contributed by atoms with Gasteiger partial charge in [0.15, 0.2) is 0 Å². The van der Waals surface area contributed by atoms with Crippen molar-refractivity contribution in [2.75, 3.05) is 6.61 Å². The second-order valence-electron chi connectivity index (χ2n) is 5.67. The normalized spacial score (nSPS) is 11.6. The largest absolute Gasteiger partial charge is 0.366 e. The van der Waals surface area contributed by atoms with Gasteiger partial charge >= 0.3 is 0 Å². The summed E-state index contributed by atoms with van der Waals surface area (Å²) in [5.74, 6) is -0.118. The van der Waals surface area contributed by atoms with Gasteiger partial charge < -0.3 is 10.1 Å². The van der Waals surface area contributed by atoms with E-state index in [2.05, 4.69) is 10.3 Å². The Hall–Kier alpha value is -1.94. The summed E-state index contributed by atoms with van der Waals surface area (Å²) >= 11 is 0. The van der Waals surface area contributed by atoms with Crippen molar-refractivity contribution in [3.8, 4) is 0 Å². The molecule has 0 bridgehead atoms. The van der Waals surface area contributed by atoms with Crippen LogP contribution >= 0.6 is 0 Å². The Kier molecular flexibility index (Phi) is 4.35. The molecule has 0 spiro atoms. The van der Waals surface area contributed by atoms with E-state index in [4.69, 9.17) is 4.74 Å². The van der Waals surface area contributed by atoms with Crippen LogP contribution in [0.5, 0.6) is 0 Å². The number of fused-ring (bicyclic) bond motifs is 1. The van der Waals surface area contributed by atoms with E-state index in [9.17, 15) is 4.79 Å². The molecule has 1 aromatic heterocycles. The fourth-order valence-electron chi connectivity index (χ4n) is 1.84. The Labute approximate surface area is 119 Å². The van der Waals surface area contributed by atoms with E-state index >= 15 is 0 Å². The third-order valence-electron chi connectivity index (χ3n) is 2.83. The predicted octanol–water partition coefficient (Wildman–Crippen LogP) is 2.67. The molecule has 0 aliphatic heterocycles. The van der Waals surface area contributed by atoms with Gasteiger partial charge in [-0.2, -0.15) is 0 Å². The predicted molar refractivity (Wildman–Crippen MR) is 79.3 cm³/mol. The minimum Gasteiger partial charge on any atom is -0.366 e. The maximum absolute atomic E-state index is 11.7. The Morgan fingerprint density at radius 3 is 2.75 bits per heavy atom. The molecule has 0 aliphatic carbocycles. The average molecular weight is 272 g/mol. The summed E-state index contributed by atoms with van der Waals surface area (Å²) in [6.45, 7) is 6.31. The number of rotatable bonds is 4. The SMILES string of the molecule is CC(C)(C)OCC(=O)NCc1cccc2cccnc12. The van der Waals surface area contributed by atoms with Crippen molar-refractivity contribution in [3.05, 3.63) is 42.1 Å². The highest BCUT2D eigenvalue weighted by Crippen LogP contribution is 2.15. The minimum atomic E-state index is -0.307. The Bertz CT molecular complexity index is 597. The van der Waals surface area contributed by atoms with Crippen molar-refractivity contribution in [2.45, 2.75) is 32.9 Å². The summed E-state index contributed by atoms with van der Waals surface area (Å²) in [5.41, 5.74) is 1.62. The first-order chi connectivity index (χ1) is 9.46. The van der Waals surface area contributed by atoms with E-state index in [0.717, 1.165) is 16.5 Å². The highest BCUT2D eigenvalue weighted by molar-refractivity contribution is 5.82. The van der Waals surface area contributed by atoms with Crippen molar-refractivity contribution in [1.29, 1.82) is 0 Å². The van der Waals surface area contributed by atoms with Gasteiger partial charge in [0.2, 0.25) is 5.91 Å². The molecule has 106 valence electrons. The molecule has 0 saturated heterocycles. The Morgan fingerprint density at radius 2 is 2.00 bits per heavy atom. The number of para-hydroxylation sites is 1. The molecular weight excluding hydrogens is 252 g/mol. The molecule has 4 heteroatoms. The first-order valence-electron chi connectivity index (χ1n) is 6.69. The van der Waals surface area contributed by atoms with Gasteiger partial charge in [-0.15, -0.1) is 0 Å². The molecule has 1 aromatic carbocycles. The summed E-state index contributed by atoms with van der Waals surface area (Å²) < 4.78 is 5.44. The van der Waals surface area contributed by atoms with Crippen LogP contribution in [0.25, 0.3) is 10.9 Å². The monoisotopic (exact) mass is 272 g/mol. The minimum absolute atomic E-state index is 0.0711. The van der Waals surface area contributed by atoms with Gasteiger partial charge in [-0.3, -0.25) is 9.78 Å². The van der Waals surface area contributed by atoms with Crippen LogP contribution in [0.4, 0.5) is 0 Å². The molecule has 0 aliphatic rings. The molecule has 1 amide bonds. The molecule has 0 unspecified atom stereocenters. The number of hydrogen-bond donors (Lipinski definition) is 1. The van der Waals surface area contributed by atoms with Gasteiger partial charge in [0.05, 0.1) is 11.1 Å². The van der Waals surface area contributed by atoms with E-state index in [1.165, 1.54) is 0 Å². The van der Waals surface area contributed by atoms with E-state index in [-0.39, 0.29) is 18.1 Å². The van der Waals surface area contributed by atoms with E-state index in [1.54, 1.807) is 6.20 Å². The first-order valence-corrected chi connectivity index (χ1v) is 6.69. The number of pyridine rings is 1. The van der Waals surface area contributed by atoms with Crippen molar-refractivity contribution < 1.29 is 9.53 Å². The number of benzene rings is 1. The zero-order chi connectivity index (χ0) is 14.6. The van der Waals surface area contributed by atoms with Gasteiger partial charge in [0, 0.05) is 18.1 Å². The summed E-state index contributed by atoms with van der Waals surface area (Å²) in [5, 5.41) is 3.93. The van der Waals surface area contributed by atoms with Gasteiger partial charge in [-0.1, -0.05) is 24.3 Å². The zero-order valence-corrected chi connectivity index (χ0v) is 12.1. The van der Waals surface area contributed by atoms with E-state index < -0.39 is 0 Å². The quantitative estimate of drug-likeness (QED) is 0.931. The number of amides is 1. The van der Waals surface area contributed by atoms with Crippen molar-refractivity contribution in [1.82, 2.24) is 10.3 Å². The summed E-state index contributed by atoms with van der Waals surface area (Å²) in [6.07, 6.45) is 1.76. The fraction of sp³-hybridized carbons (Fsp3) is 0.375. The van der Waals surface area contributed by atoms with Crippen LogP contribution in [0.15, 0.2) is 36.5 Å². The molecule has 0 fully saturated rings. The molecule has 0 radical (unpaired) electrons. The number of nitrogens with zero attached hydrogens (tertiary/aromatic N) is 1. The molecule has 0 saturated carbocycles. The molecule has 2 aromatic rings. The smallest absolute Gasteiger partial charge is 0.246 e. The van der Waals surface area contributed by atoms with Gasteiger partial charge in [0.1, 0.15) is 6.61 Å². The van der Waals surface area contributed by atoms with E-state index in [0.29, 0.717) is 6.54 Å². The van der Waals surface area contributed by atoms with Gasteiger partial charge in [-0.25, -0.2) is 0 Å². The van der Waals surface area contributed by atoms with E-state index in [1.807, 2.05) is 51.1 Å². The lowest BCUT2D eigenvalue weighted by Crippen LogP contribution is -2.31. The maximum atomic E-state index is 11.7. The number of aromatic nitrogens is 1. The van der Waals surface area contributed by atoms with Crippen LogP contribution < -0.4 is 5.32 Å². The highest BCUT2D eigenvalue weighted by atomic mass is 16.5. The second-order valence-corrected chi connectivity index (χ2v) is 5.67. The zero-order valence-electron chi connectivity index (χ0n) is 12.1. The van der Waals surface area contributed by atoms with Crippen LogP contribution in [0, 0.1) is 0 Å². The second kappa shape index (κ2) is 6.01. The molecule has 2 rings (SSSR count). The molecule has 1 N–H and O–H groups in total. The number of carbonyl (C=O) groups is 1. The number of carbonyl (C=O) groups excluding carboxylic acids is 1. The maximum Gasteiger partial charge on any atom is 0.246 e. The van der Waals surface area contributed by atoms with Crippen molar-refractivity contribution >= 4 is 16.8 Å². The highest BCUT2D eigenvalue weighted by Gasteiger charge is 2.12. The summed E-state index contributed by atoms with van der Waals surface area (Å²) in [6, 6.07) is 9.87. The lowest BCUT2D eigenvalue weighted by atomic mass is 10.1. The van der Waals surface area contributed by atoms with Crippen LogP contribution in [0.1, 0.15) is 26.3 Å². The standard InChI is InChI=1S/C16H20N2O2/c1-16(2,3)20-11-14(19)18-10-13-7-4-6-12-8-5-9-17-15(12)13/h4-9H,10-11H2,1-3H3,(H,18,19). The summed E-state index contributed by atoms with van der Waals surface area (Å²) in [7, 11) is 0. The number of hydrogen-bond acceptors (Lipinski definition) is 3. The number of nitrogens with one attached hydrogen (secondary N) is 1. The van der Waals surface area contributed by atoms with Crippen LogP contribution in [0.2, 0.25) is 0 Å². The molecule has 20 heavy (non-hydrogen) atoms. The topological polar surface area (TPSA) is 51.2 Å². The molecule has 0 atom stereocenters. The lowest BCUT2D eigenvalue weighted by molar-refractivity contribution is -0.130. The molecule has 1 heterocycles. The van der Waals surface area contributed by atoms with Gasteiger partial charge in [-0.05, 0) is 32.4 Å². The third-order valence-corrected chi connectivity index (χ3v) is 2.83. The number of ether oxygens (including phenoxy) is 1. The Balaban J connectivity index is 1.98. The van der Waals surface area contributed by atoms with Crippen molar-refractivity contribution in [3.63, 3.8) is 0 Å².